The molecule has 1 aromatic rings. The maximum absolute atomic E-state index is 12.3. The molecule has 1 saturated heterocycles. The summed E-state index contributed by atoms with van der Waals surface area (Å²) >= 11 is 0. The highest BCUT2D eigenvalue weighted by Gasteiger charge is 2.32. The second kappa shape index (κ2) is 8.42. The molecule has 22 heavy (non-hydrogen) atoms. The Bertz CT molecular complexity index is 506. The zero-order valence-electron chi connectivity index (χ0n) is 11.6. The molecule has 1 fully saturated rings. The Hall–Kier alpha value is -1.23. The van der Waals surface area contributed by atoms with Crippen LogP contribution >= 0.6 is 24.0 Å². The number of benzene rings is 1. The lowest BCUT2D eigenvalue weighted by molar-refractivity contribution is -0.274. The molecule has 5 nitrogen and oxygen atoms in total. The number of guanidine groups is 1. The molecule has 3 N–H and O–H groups in total. The SMILES string of the molecule is I.NC(=NCC1CCCO1)Nc1ccccc1OC(F)(F)F. The number of hydrogen-bond donors (Lipinski definition) is 2. The third-order valence-corrected chi connectivity index (χ3v) is 2.86. The standard InChI is InChI=1S/C13H16F3N3O2.HI/c14-13(15,16)21-11-6-2-1-5-10(11)19-12(17)18-8-9-4-3-7-20-9;/h1-2,5-6,9H,3-4,7-8H2,(H3,17,18,19);1H. The van der Waals surface area contributed by atoms with Crippen molar-refractivity contribution in [2.75, 3.05) is 18.5 Å². The molecule has 124 valence electrons. The van der Waals surface area contributed by atoms with Crippen molar-refractivity contribution in [1.29, 1.82) is 0 Å². The highest BCUT2D eigenvalue weighted by atomic mass is 127. The molecule has 0 aliphatic carbocycles. The Balaban J connectivity index is 0.00000242. The minimum atomic E-state index is -4.76. The first-order valence-corrected chi connectivity index (χ1v) is 6.47. The average molecular weight is 431 g/mol. The van der Waals surface area contributed by atoms with Gasteiger partial charge in [0.25, 0.3) is 0 Å². The van der Waals surface area contributed by atoms with Gasteiger partial charge in [0, 0.05) is 6.61 Å². The van der Waals surface area contributed by atoms with Gasteiger partial charge in [-0.3, -0.25) is 4.99 Å². The highest BCUT2D eigenvalue weighted by molar-refractivity contribution is 14.0. The highest BCUT2D eigenvalue weighted by Crippen LogP contribution is 2.29. The Labute approximate surface area is 143 Å². The fourth-order valence-electron chi connectivity index (χ4n) is 1.95. The summed E-state index contributed by atoms with van der Waals surface area (Å²) in [4.78, 5) is 4.06. The molecule has 0 saturated carbocycles. The molecule has 0 spiro atoms. The van der Waals surface area contributed by atoms with Gasteiger partial charge < -0.3 is 20.5 Å². The van der Waals surface area contributed by atoms with Gasteiger partial charge in [0.2, 0.25) is 0 Å². The zero-order chi connectivity index (χ0) is 15.3. The molecule has 1 aliphatic heterocycles. The van der Waals surface area contributed by atoms with E-state index in [-0.39, 0.29) is 47.5 Å². The molecule has 1 atom stereocenters. The number of alkyl halides is 3. The van der Waals surface area contributed by atoms with Crippen LogP contribution in [0.3, 0.4) is 0 Å². The zero-order valence-corrected chi connectivity index (χ0v) is 13.9. The minimum absolute atomic E-state index is 0. The van der Waals surface area contributed by atoms with Gasteiger partial charge in [-0.1, -0.05) is 12.1 Å². The van der Waals surface area contributed by atoms with E-state index in [2.05, 4.69) is 15.0 Å². The van der Waals surface area contributed by atoms with E-state index in [1.165, 1.54) is 18.2 Å². The van der Waals surface area contributed by atoms with Crippen molar-refractivity contribution in [1.82, 2.24) is 0 Å². The van der Waals surface area contributed by atoms with E-state index >= 15 is 0 Å². The average Bonchev–Trinajstić information content (AvgIpc) is 2.90. The summed E-state index contributed by atoms with van der Waals surface area (Å²) in [6.45, 7) is 1.08. The Kier molecular flexibility index (Phi) is 7.20. The number of rotatable bonds is 4. The molecule has 0 aromatic heterocycles. The number of para-hydroxylation sites is 2. The number of anilines is 1. The Morgan fingerprint density at radius 2 is 2.14 bits per heavy atom. The number of aliphatic imine (C=N–C) groups is 1. The normalized spacial score (nSPS) is 18.7. The summed E-state index contributed by atoms with van der Waals surface area (Å²) in [7, 11) is 0. The minimum Gasteiger partial charge on any atom is -0.404 e. The topological polar surface area (TPSA) is 68.9 Å². The molecule has 0 amide bonds. The van der Waals surface area contributed by atoms with Gasteiger partial charge in [-0.05, 0) is 25.0 Å². The largest absolute Gasteiger partial charge is 0.573 e. The summed E-state index contributed by atoms with van der Waals surface area (Å²) in [5, 5.41) is 2.60. The van der Waals surface area contributed by atoms with E-state index in [9.17, 15) is 13.2 Å². The Morgan fingerprint density at radius 3 is 2.77 bits per heavy atom. The lowest BCUT2D eigenvalue weighted by Crippen LogP contribution is -2.26. The first kappa shape index (κ1) is 18.8. The van der Waals surface area contributed by atoms with E-state index in [4.69, 9.17) is 10.5 Å². The molecule has 1 unspecified atom stereocenters. The summed E-state index contributed by atoms with van der Waals surface area (Å²) in [6, 6.07) is 5.63. The van der Waals surface area contributed by atoms with E-state index in [0.717, 1.165) is 12.8 Å². The molecule has 0 bridgehead atoms. The molecular weight excluding hydrogens is 414 g/mol. The van der Waals surface area contributed by atoms with Crippen LogP contribution in [0, 0.1) is 0 Å². The van der Waals surface area contributed by atoms with Crippen molar-refractivity contribution in [3.8, 4) is 5.75 Å². The van der Waals surface area contributed by atoms with Crippen molar-refractivity contribution in [3.05, 3.63) is 24.3 Å². The van der Waals surface area contributed by atoms with Crippen LogP contribution in [0.5, 0.6) is 5.75 Å². The number of nitrogens with zero attached hydrogens (tertiary/aromatic N) is 1. The van der Waals surface area contributed by atoms with Crippen LogP contribution in [0.15, 0.2) is 29.3 Å². The van der Waals surface area contributed by atoms with Crippen molar-refractivity contribution in [3.63, 3.8) is 0 Å². The smallest absolute Gasteiger partial charge is 0.404 e. The number of nitrogens with two attached hydrogens (primary N) is 1. The maximum Gasteiger partial charge on any atom is 0.573 e. The first-order valence-electron chi connectivity index (χ1n) is 6.47. The fourth-order valence-corrected chi connectivity index (χ4v) is 1.95. The van der Waals surface area contributed by atoms with E-state index in [1.54, 1.807) is 6.07 Å². The summed E-state index contributed by atoms with van der Waals surface area (Å²) in [6.07, 6.45) is -2.85. The van der Waals surface area contributed by atoms with Crippen molar-refractivity contribution in [2.24, 2.45) is 10.7 Å². The first-order chi connectivity index (χ1) is 9.94. The van der Waals surface area contributed by atoms with Gasteiger partial charge in [0.05, 0.1) is 18.3 Å². The molecular formula is C13H17F3IN3O2. The number of halogens is 4. The van der Waals surface area contributed by atoms with E-state index < -0.39 is 6.36 Å². The van der Waals surface area contributed by atoms with Crippen LogP contribution in [0.1, 0.15) is 12.8 Å². The van der Waals surface area contributed by atoms with Crippen molar-refractivity contribution >= 4 is 35.6 Å². The van der Waals surface area contributed by atoms with Gasteiger partial charge in [0.15, 0.2) is 11.7 Å². The van der Waals surface area contributed by atoms with Crippen LogP contribution < -0.4 is 15.8 Å². The Morgan fingerprint density at radius 1 is 1.41 bits per heavy atom. The van der Waals surface area contributed by atoms with Crippen LogP contribution in [-0.4, -0.2) is 31.6 Å². The van der Waals surface area contributed by atoms with Crippen LogP contribution in [-0.2, 0) is 4.74 Å². The van der Waals surface area contributed by atoms with Gasteiger partial charge in [-0.25, -0.2) is 0 Å². The van der Waals surface area contributed by atoms with Gasteiger partial charge >= 0.3 is 6.36 Å². The number of nitrogens with one attached hydrogen (secondary N) is 1. The lowest BCUT2D eigenvalue weighted by Gasteiger charge is -2.14. The predicted molar refractivity (Wildman–Crippen MR) is 87.6 cm³/mol. The molecule has 0 radical (unpaired) electrons. The second-order valence-electron chi connectivity index (χ2n) is 4.53. The summed E-state index contributed by atoms with van der Waals surface area (Å²) in [5.41, 5.74) is 5.76. The molecule has 1 heterocycles. The fraction of sp³-hybridized carbons (Fsp3) is 0.462. The summed E-state index contributed by atoms with van der Waals surface area (Å²) < 4.78 is 46.1. The predicted octanol–water partition coefficient (Wildman–Crippen LogP) is 3.11. The van der Waals surface area contributed by atoms with Crippen LogP contribution in [0.4, 0.5) is 18.9 Å². The molecule has 2 rings (SSSR count). The van der Waals surface area contributed by atoms with Crippen molar-refractivity contribution < 1.29 is 22.6 Å². The lowest BCUT2D eigenvalue weighted by atomic mass is 10.2. The monoisotopic (exact) mass is 431 g/mol. The quantitative estimate of drug-likeness (QED) is 0.437. The third kappa shape index (κ3) is 6.26. The summed E-state index contributed by atoms with van der Waals surface area (Å²) in [5.74, 6) is -0.344. The third-order valence-electron chi connectivity index (χ3n) is 2.86. The second-order valence-corrected chi connectivity index (χ2v) is 4.53. The van der Waals surface area contributed by atoms with Crippen molar-refractivity contribution in [2.45, 2.75) is 25.3 Å². The van der Waals surface area contributed by atoms with Gasteiger partial charge in [0.1, 0.15) is 0 Å². The van der Waals surface area contributed by atoms with Crippen LogP contribution in [0.25, 0.3) is 0 Å². The maximum atomic E-state index is 12.3. The van der Waals surface area contributed by atoms with Gasteiger partial charge in [-0.2, -0.15) is 0 Å². The molecule has 1 aromatic carbocycles. The van der Waals surface area contributed by atoms with Gasteiger partial charge in [-0.15, -0.1) is 37.1 Å². The molecule has 9 heteroatoms. The molecule has 1 aliphatic rings. The number of ether oxygens (including phenoxy) is 2. The van der Waals surface area contributed by atoms with E-state index in [0.29, 0.717) is 13.2 Å². The van der Waals surface area contributed by atoms with Crippen LogP contribution in [0.2, 0.25) is 0 Å². The van der Waals surface area contributed by atoms with E-state index in [1.807, 2.05) is 0 Å². The number of hydrogen-bond acceptors (Lipinski definition) is 3.